The lowest BCUT2D eigenvalue weighted by Crippen LogP contribution is -2.42. The third-order valence-electron chi connectivity index (χ3n) is 10.9. The van der Waals surface area contributed by atoms with Gasteiger partial charge in [0.25, 0.3) is 0 Å². The molecule has 0 radical (unpaired) electrons. The number of fused-ring (bicyclic) bond motifs is 2. The van der Waals surface area contributed by atoms with Crippen LogP contribution in [0.25, 0.3) is 11.4 Å². The molecule has 16 nitrogen and oxygen atoms in total. The van der Waals surface area contributed by atoms with Crippen LogP contribution in [0.5, 0.6) is 23.0 Å². The minimum absolute atomic E-state index is 0.278. The Bertz CT molecular complexity index is 2410. The number of aromatic nitrogens is 8. The Labute approximate surface area is 348 Å². The van der Waals surface area contributed by atoms with Crippen LogP contribution in [0.2, 0.25) is 5.28 Å². The molecule has 0 amide bonds. The number of halogens is 1. The number of hydrogen-bond acceptors (Lipinski definition) is 14. The maximum atomic E-state index is 5.89. The lowest BCUT2D eigenvalue weighted by atomic mass is 10.1. The van der Waals surface area contributed by atoms with E-state index in [1.165, 1.54) is 25.7 Å². The van der Waals surface area contributed by atoms with Crippen LogP contribution in [0.4, 0.5) is 29.0 Å². The van der Waals surface area contributed by atoms with Crippen molar-refractivity contribution in [3.05, 3.63) is 90.5 Å². The highest BCUT2D eigenvalue weighted by atomic mass is 35.5. The third kappa shape index (κ3) is 8.92. The largest absolute Gasteiger partial charge is 0.494 e. The fourth-order valence-corrected chi connectivity index (χ4v) is 7.47. The summed E-state index contributed by atoms with van der Waals surface area (Å²) in [6, 6.07) is 12.3. The van der Waals surface area contributed by atoms with Crippen LogP contribution >= 0.6 is 11.6 Å². The number of nitrogen functional groups attached to an aromatic ring is 1. The van der Waals surface area contributed by atoms with Gasteiger partial charge in [0, 0.05) is 50.0 Å². The van der Waals surface area contributed by atoms with Gasteiger partial charge in [-0.05, 0) is 87.2 Å². The first kappa shape index (κ1) is 39.5. The first-order valence-electron chi connectivity index (χ1n) is 19.6. The van der Waals surface area contributed by atoms with E-state index in [2.05, 4.69) is 47.1 Å². The van der Waals surface area contributed by atoms with Crippen LogP contribution < -0.4 is 39.8 Å². The van der Waals surface area contributed by atoms with Crippen molar-refractivity contribution in [1.82, 2.24) is 39.0 Å². The summed E-state index contributed by atoms with van der Waals surface area (Å²) in [4.78, 5) is 30.1. The Morgan fingerprint density at radius 3 is 1.76 bits per heavy atom. The third-order valence-corrected chi connectivity index (χ3v) is 11.1. The summed E-state index contributed by atoms with van der Waals surface area (Å²) in [5, 5.41) is 3.56. The SMILES string of the molecule is CN1c2nc(Cl)ncc2OC[C@@H]1C1CC1.COc1cc(N)ccc1-n1cnc(C)c1.COc1cc(Nc2ncc3c(n2)N(C)[C@@H](C2CC2)CO3)ccc1-n1cnc(C)c1. The molecule has 10 rings (SSSR count). The molecular weight excluding hydrogens is 772 g/mol. The molecule has 17 heteroatoms. The van der Waals surface area contributed by atoms with Crippen molar-refractivity contribution in [1.29, 1.82) is 0 Å². The minimum atomic E-state index is 0.278. The quantitative estimate of drug-likeness (QED) is 0.121. The van der Waals surface area contributed by atoms with E-state index in [4.69, 9.17) is 41.3 Å². The predicted octanol–water partition coefficient (Wildman–Crippen LogP) is 6.84. The van der Waals surface area contributed by atoms with Crippen LogP contribution in [-0.4, -0.2) is 92.7 Å². The average molecular weight is 821 g/mol. The van der Waals surface area contributed by atoms with Crippen molar-refractivity contribution in [3.8, 4) is 34.4 Å². The molecule has 0 spiro atoms. The molecule has 4 aliphatic rings. The Balaban J connectivity index is 0.000000136. The molecule has 2 saturated carbocycles. The molecule has 2 aliphatic carbocycles. The molecule has 308 valence electrons. The first-order chi connectivity index (χ1) is 28.6. The number of anilines is 5. The Morgan fingerprint density at radius 1 is 0.712 bits per heavy atom. The number of likely N-dealkylation sites (N-methyl/N-ethyl adjacent to an activating group) is 2. The predicted molar refractivity (Wildman–Crippen MR) is 227 cm³/mol. The summed E-state index contributed by atoms with van der Waals surface area (Å²) in [6.07, 6.45) is 16.0. The van der Waals surface area contributed by atoms with E-state index >= 15 is 0 Å². The van der Waals surface area contributed by atoms with Gasteiger partial charge in [0.05, 0.1) is 74.1 Å². The molecule has 3 N–H and O–H groups in total. The minimum Gasteiger partial charge on any atom is -0.494 e. The number of benzene rings is 2. The van der Waals surface area contributed by atoms with Crippen molar-refractivity contribution >= 4 is 40.6 Å². The molecule has 2 aromatic carbocycles. The van der Waals surface area contributed by atoms with Gasteiger partial charge in [-0.3, -0.25) is 0 Å². The lowest BCUT2D eigenvalue weighted by Gasteiger charge is -2.34. The topological polar surface area (TPSA) is 169 Å². The second-order valence-electron chi connectivity index (χ2n) is 15.1. The maximum Gasteiger partial charge on any atom is 0.229 e. The highest BCUT2D eigenvalue weighted by Crippen LogP contribution is 2.42. The average Bonchev–Trinajstić information content (AvgIpc) is 4.18. The van der Waals surface area contributed by atoms with Crippen LogP contribution in [0.15, 0.2) is 73.8 Å². The zero-order valence-corrected chi connectivity index (χ0v) is 34.8. The van der Waals surface area contributed by atoms with E-state index in [0.29, 0.717) is 36.2 Å². The highest BCUT2D eigenvalue weighted by Gasteiger charge is 2.39. The summed E-state index contributed by atoms with van der Waals surface area (Å²) < 4.78 is 26.2. The van der Waals surface area contributed by atoms with Crippen LogP contribution in [-0.2, 0) is 0 Å². The second kappa shape index (κ2) is 16.9. The van der Waals surface area contributed by atoms with Crippen LogP contribution in [0.3, 0.4) is 0 Å². The molecule has 2 atom stereocenters. The summed E-state index contributed by atoms with van der Waals surface area (Å²) >= 11 is 5.78. The van der Waals surface area contributed by atoms with Crippen LogP contribution in [0.1, 0.15) is 37.1 Å². The maximum absolute atomic E-state index is 5.89. The number of nitrogens with two attached hydrogens (primary N) is 1. The summed E-state index contributed by atoms with van der Waals surface area (Å²) in [7, 11) is 7.42. The van der Waals surface area contributed by atoms with E-state index in [1.807, 2.05) is 72.8 Å². The van der Waals surface area contributed by atoms with E-state index < -0.39 is 0 Å². The van der Waals surface area contributed by atoms with Gasteiger partial charge in [-0.2, -0.15) is 9.97 Å². The van der Waals surface area contributed by atoms with Gasteiger partial charge < -0.3 is 48.9 Å². The zero-order valence-electron chi connectivity index (χ0n) is 34.0. The Morgan fingerprint density at radius 2 is 1.24 bits per heavy atom. The summed E-state index contributed by atoms with van der Waals surface area (Å²) in [5.41, 5.74) is 11.0. The van der Waals surface area contributed by atoms with E-state index in [1.54, 1.807) is 45.3 Å². The van der Waals surface area contributed by atoms with Gasteiger partial charge in [-0.25, -0.2) is 19.9 Å². The van der Waals surface area contributed by atoms with Crippen molar-refractivity contribution in [2.45, 2.75) is 51.6 Å². The smallest absolute Gasteiger partial charge is 0.229 e. The number of rotatable bonds is 8. The Hall–Kier alpha value is -6.29. The summed E-state index contributed by atoms with van der Waals surface area (Å²) in [6.45, 7) is 5.34. The zero-order chi connectivity index (χ0) is 41.2. The molecule has 6 heterocycles. The molecular formula is C42H49ClN12O4. The van der Waals surface area contributed by atoms with Crippen LogP contribution in [0, 0.1) is 25.7 Å². The van der Waals surface area contributed by atoms with Crippen molar-refractivity contribution in [2.75, 3.05) is 62.4 Å². The second-order valence-corrected chi connectivity index (χ2v) is 15.5. The van der Waals surface area contributed by atoms with E-state index in [0.717, 1.165) is 75.6 Å². The van der Waals surface area contributed by atoms with E-state index in [9.17, 15) is 0 Å². The number of imidazole rings is 2. The number of nitrogens with one attached hydrogen (secondary N) is 1. The standard InChI is InChI=1S/C21H24N6O2.C11H13N3O.C10H12ClN3O/c1-13-10-27(12-23-13)16-7-6-15(8-18(16)28-3)24-21-22-9-19-20(25-21)26(2)17(11-29-19)14-4-5-14;1-8-6-14(7-13-8)10-4-3-9(12)5-11(10)15-2;1-14-7(6-2-3-6)5-15-8-4-12-10(11)13-9(8)14/h6-10,12,14,17H,4-5,11H2,1-3H3,(H,22,24,25);3-7H,12H2,1-2H3;4,6-7H,2-3,5H2,1H3/t17-;;7-/m1.1/s1. The van der Waals surface area contributed by atoms with Crippen molar-refractivity contribution < 1.29 is 18.9 Å². The Kier molecular flexibility index (Phi) is 11.3. The number of hydrogen-bond donors (Lipinski definition) is 2. The fourth-order valence-electron chi connectivity index (χ4n) is 7.34. The molecule has 6 aromatic rings. The van der Waals surface area contributed by atoms with Gasteiger partial charge in [-0.15, -0.1) is 0 Å². The normalized spacial score (nSPS) is 17.8. The highest BCUT2D eigenvalue weighted by molar-refractivity contribution is 6.28. The molecule has 0 saturated heterocycles. The van der Waals surface area contributed by atoms with Gasteiger partial charge in [0.2, 0.25) is 11.2 Å². The van der Waals surface area contributed by atoms with Crippen molar-refractivity contribution in [2.24, 2.45) is 11.8 Å². The number of aryl methyl sites for hydroxylation is 2. The monoisotopic (exact) mass is 820 g/mol. The van der Waals surface area contributed by atoms with Crippen molar-refractivity contribution in [3.63, 3.8) is 0 Å². The molecule has 2 aliphatic heterocycles. The van der Waals surface area contributed by atoms with E-state index in [-0.39, 0.29) is 5.28 Å². The number of ether oxygens (including phenoxy) is 4. The lowest BCUT2D eigenvalue weighted by molar-refractivity contribution is 0.250. The number of methoxy groups -OCH3 is 2. The summed E-state index contributed by atoms with van der Waals surface area (Å²) in [5.74, 6) is 6.61. The molecule has 59 heavy (non-hydrogen) atoms. The molecule has 2 fully saturated rings. The van der Waals surface area contributed by atoms with Gasteiger partial charge in [0.15, 0.2) is 23.1 Å². The fraction of sp³-hybridized carbons (Fsp3) is 0.381. The first-order valence-corrected chi connectivity index (χ1v) is 20.0. The molecule has 0 unspecified atom stereocenters. The van der Waals surface area contributed by atoms with Gasteiger partial charge in [0.1, 0.15) is 24.7 Å². The van der Waals surface area contributed by atoms with Gasteiger partial charge >= 0.3 is 0 Å². The van der Waals surface area contributed by atoms with Gasteiger partial charge in [-0.1, -0.05) is 0 Å². The number of nitrogens with zero attached hydrogens (tertiary/aromatic N) is 10. The molecule has 4 aromatic heterocycles. The molecule has 0 bridgehead atoms.